The molecule has 1 fully saturated rings. The zero-order chi connectivity index (χ0) is 10.7. The first-order chi connectivity index (χ1) is 6.49. The molecule has 0 saturated carbocycles. The van der Waals surface area contributed by atoms with Crippen LogP contribution in [-0.2, 0) is 14.4 Å². The Kier molecular flexibility index (Phi) is 3.22. The quantitative estimate of drug-likeness (QED) is 0.609. The molecular formula is C9H14N2O3. The maximum absolute atomic E-state index is 11.5. The van der Waals surface area contributed by atoms with E-state index in [1.165, 1.54) is 4.90 Å². The van der Waals surface area contributed by atoms with E-state index in [9.17, 15) is 14.4 Å². The lowest BCUT2D eigenvalue weighted by molar-refractivity contribution is -0.145. The van der Waals surface area contributed by atoms with Gasteiger partial charge >= 0.3 is 0 Å². The van der Waals surface area contributed by atoms with Crippen molar-refractivity contribution in [2.75, 3.05) is 13.1 Å². The Hall–Kier alpha value is -1.39. The van der Waals surface area contributed by atoms with Crippen molar-refractivity contribution < 1.29 is 14.4 Å². The van der Waals surface area contributed by atoms with E-state index < -0.39 is 11.8 Å². The minimum atomic E-state index is -0.404. The predicted octanol–water partition coefficient (Wildman–Crippen LogP) is -0.482. The molecule has 1 aliphatic rings. The molecule has 0 spiro atoms. The van der Waals surface area contributed by atoms with Crippen LogP contribution in [-0.4, -0.2) is 35.7 Å². The third-order valence-electron chi connectivity index (χ3n) is 1.88. The number of nitrogens with one attached hydrogen (secondary N) is 1. The van der Waals surface area contributed by atoms with E-state index >= 15 is 0 Å². The van der Waals surface area contributed by atoms with E-state index in [4.69, 9.17) is 0 Å². The second kappa shape index (κ2) is 4.21. The number of nitrogens with zero attached hydrogens (tertiary/aromatic N) is 1. The lowest BCUT2D eigenvalue weighted by Gasteiger charge is -2.25. The molecule has 0 radical (unpaired) electrons. The first-order valence-electron chi connectivity index (χ1n) is 4.59. The van der Waals surface area contributed by atoms with Crippen molar-refractivity contribution in [3.8, 4) is 0 Å². The molecule has 0 bridgehead atoms. The number of hydrogen-bond donors (Lipinski definition) is 1. The fourth-order valence-electron chi connectivity index (χ4n) is 1.29. The van der Waals surface area contributed by atoms with Gasteiger partial charge in [-0.15, -0.1) is 0 Å². The summed E-state index contributed by atoms with van der Waals surface area (Å²) in [6, 6.07) is 0. The van der Waals surface area contributed by atoms with Gasteiger partial charge in [-0.05, 0) is 5.92 Å². The highest BCUT2D eigenvalue weighted by molar-refractivity contribution is 6.02. The molecule has 78 valence electrons. The minimum Gasteiger partial charge on any atom is -0.324 e. The molecule has 0 aliphatic carbocycles. The van der Waals surface area contributed by atoms with Crippen molar-refractivity contribution in [1.29, 1.82) is 0 Å². The van der Waals surface area contributed by atoms with Gasteiger partial charge in [-0.1, -0.05) is 13.8 Å². The molecule has 0 aromatic heterocycles. The van der Waals surface area contributed by atoms with Gasteiger partial charge in [0.2, 0.25) is 17.7 Å². The Morgan fingerprint density at radius 2 is 1.86 bits per heavy atom. The van der Waals surface area contributed by atoms with Gasteiger partial charge in [0.25, 0.3) is 0 Å². The SMILES string of the molecule is CC(C)CC(=O)N1CC(=O)NC(=O)C1. The summed E-state index contributed by atoms with van der Waals surface area (Å²) in [5.74, 6) is -0.706. The van der Waals surface area contributed by atoms with Crippen LogP contribution in [0.25, 0.3) is 0 Å². The van der Waals surface area contributed by atoms with Gasteiger partial charge in [0.1, 0.15) is 13.1 Å². The summed E-state index contributed by atoms with van der Waals surface area (Å²) < 4.78 is 0. The Balaban J connectivity index is 2.55. The van der Waals surface area contributed by atoms with E-state index in [2.05, 4.69) is 5.32 Å². The van der Waals surface area contributed by atoms with Crippen LogP contribution in [0.5, 0.6) is 0 Å². The number of hydrogen-bond acceptors (Lipinski definition) is 3. The van der Waals surface area contributed by atoms with Crippen molar-refractivity contribution in [1.82, 2.24) is 10.2 Å². The van der Waals surface area contributed by atoms with Gasteiger partial charge in [0.05, 0.1) is 0 Å². The van der Waals surface area contributed by atoms with Crippen LogP contribution in [0.15, 0.2) is 0 Å². The van der Waals surface area contributed by atoms with Crippen LogP contribution in [0, 0.1) is 5.92 Å². The van der Waals surface area contributed by atoms with E-state index in [0.717, 1.165) is 0 Å². The zero-order valence-electron chi connectivity index (χ0n) is 8.37. The Bertz CT molecular complexity index is 257. The third kappa shape index (κ3) is 2.83. The monoisotopic (exact) mass is 198 g/mol. The second-order valence-corrected chi connectivity index (χ2v) is 3.82. The molecule has 1 rings (SSSR count). The number of carbonyl (C=O) groups excluding carboxylic acids is 3. The summed E-state index contributed by atoms with van der Waals surface area (Å²) in [6.07, 6.45) is 0.376. The van der Waals surface area contributed by atoms with Gasteiger partial charge in [0, 0.05) is 6.42 Å². The van der Waals surface area contributed by atoms with Gasteiger partial charge in [0.15, 0.2) is 0 Å². The molecule has 1 N–H and O–H groups in total. The van der Waals surface area contributed by atoms with E-state index in [0.29, 0.717) is 6.42 Å². The number of carbonyl (C=O) groups is 3. The van der Waals surface area contributed by atoms with E-state index in [1.54, 1.807) is 0 Å². The highest BCUT2D eigenvalue weighted by Crippen LogP contribution is 2.05. The Morgan fingerprint density at radius 3 is 2.29 bits per heavy atom. The summed E-state index contributed by atoms with van der Waals surface area (Å²) in [5, 5.41) is 2.15. The van der Waals surface area contributed by atoms with Crippen molar-refractivity contribution in [3.63, 3.8) is 0 Å². The van der Waals surface area contributed by atoms with Crippen LogP contribution in [0.1, 0.15) is 20.3 Å². The van der Waals surface area contributed by atoms with Crippen LogP contribution in [0.4, 0.5) is 0 Å². The highest BCUT2D eigenvalue weighted by atomic mass is 16.2. The van der Waals surface area contributed by atoms with Gasteiger partial charge in [-0.2, -0.15) is 0 Å². The summed E-state index contributed by atoms with van der Waals surface area (Å²) in [5.41, 5.74) is 0. The molecule has 5 nitrogen and oxygen atoms in total. The summed E-state index contributed by atoms with van der Waals surface area (Å²) in [7, 11) is 0. The first-order valence-corrected chi connectivity index (χ1v) is 4.59. The van der Waals surface area contributed by atoms with Crippen LogP contribution >= 0.6 is 0 Å². The zero-order valence-corrected chi connectivity index (χ0v) is 8.37. The lowest BCUT2D eigenvalue weighted by atomic mass is 10.1. The number of amides is 3. The van der Waals surface area contributed by atoms with Crippen LogP contribution in [0.3, 0.4) is 0 Å². The smallest absolute Gasteiger partial charge is 0.246 e. The fraction of sp³-hybridized carbons (Fsp3) is 0.667. The molecule has 0 aromatic carbocycles. The molecule has 0 aromatic rings. The summed E-state index contributed by atoms with van der Waals surface area (Å²) >= 11 is 0. The normalized spacial score (nSPS) is 17.2. The Morgan fingerprint density at radius 1 is 1.36 bits per heavy atom. The highest BCUT2D eigenvalue weighted by Gasteiger charge is 2.26. The van der Waals surface area contributed by atoms with Crippen LogP contribution < -0.4 is 5.32 Å². The van der Waals surface area contributed by atoms with Gasteiger partial charge in [-0.3, -0.25) is 19.7 Å². The Labute approximate surface area is 82.4 Å². The van der Waals surface area contributed by atoms with Crippen molar-refractivity contribution in [2.24, 2.45) is 5.92 Å². The average molecular weight is 198 g/mol. The maximum atomic E-state index is 11.5. The lowest BCUT2D eigenvalue weighted by Crippen LogP contribution is -2.53. The number of piperazine rings is 1. The van der Waals surface area contributed by atoms with Crippen molar-refractivity contribution in [2.45, 2.75) is 20.3 Å². The van der Waals surface area contributed by atoms with Crippen molar-refractivity contribution >= 4 is 17.7 Å². The predicted molar refractivity (Wildman–Crippen MR) is 49.2 cm³/mol. The second-order valence-electron chi connectivity index (χ2n) is 3.82. The molecule has 14 heavy (non-hydrogen) atoms. The first kappa shape index (κ1) is 10.7. The molecule has 1 saturated heterocycles. The number of rotatable bonds is 2. The average Bonchev–Trinajstić information content (AvgIpc) is 2.00. The van der Waals surface area contributed by atoms with Gasteiger partial charge in [-0.25, -0.2) is 0 Å². The molecule has 5 heteroatoms. The molecule has 0 unspecified atom stereocenters. The van der Waals surface area contributed by atoms with Crippen LogP contribution in [0.2, 0.25) is 0 Å². The summed E-state index contributed by atoms with van der Waals surface area (Å²) in [4.78, 5) is 34.7. The molecular weight excluding hydrogens is 184 g/mol. The molecule has 0 atom stereocenters. The van der Waals surface area contributed by atoms with Crippen molar-refractivity contribution in [3.05, 3.63) is 0 Å². The van der Waals surface area contributed by atoms with Gasteiger partial charge < -0.3 is 4.90 Å². The summed E-state index contributed by atoms with van der Waals surface area (Å²) in [6.45, 7) is 3.84. The molecule has 3 amide bonds. The molecule has 1 aliphatic heterocycles. The molecule has 1 heterocycles. The third-order valence-corrected chi connectivity index (χ3v) is 1.88. The topological polar surface area (TPSA) is 66.5 Å². The van der Waals surface area contributed by atoms with E-state index in [1.807, 2.05) is 13.8 Å². The van der Waals surface area contributed by atoms with E-state index in [-0.39, 0.29) is 24.9 Å². The number of imide groups is 1. The largest absolute Gasteiger partial charge is 0.324 e. The fourth-order valence-corrected chi connectivity index (χ4v) is 1.29. The standard InChI is InChI=1S/C9H14N2O3/c1-6(2)3-9(14)11-4-7(12)10-8(13)5-11/h6H,3-5H2,1-2H3,(H,10,12,13). The minimum absolute atomic E-state index is 0.00269. The maximum Gasteiger partial charge on any atom is 0.246 e.